The molecule has 6 nitrogen and oxygen atoms in total. The summed E-state index contributed by atoms with van der Waals surface area (Å²) >= 11 is 0. The minimum absolute atomic E-state index is 0.581. The van der Waals surface area contributed by atoms with Crippen molar-refractivity contribution < 1.29 is 19.1 Å². The van der Waals surface area contributed by atoms with E-state index in [0.717, 1.165) is 0 Å². The van der Waals surface area contributed by atoms with Crippen molar-refractivity contribution in [3.05, 3.63) is 42.5 Å². The highest BCUT2D eigenvalue weighted by Crippen LogP contribution is 2.62. The summed E-state index contributed by atoms with van der Waals surface area (Å²) in [6.07, 6.45) is 0.109. The standard InChI is InChI=1S/C18H18N2O4/c1-5-17(2,3)18-11-8-6-7-9-13(11)20(16(22)23-4)15(18)24-14(21)12(18)10-19/h5-9,12,15H,1H2,2-4H3/t12-,15+,18+/m0/s1. The molecule has 3 atom stereocenters. The summed E-state index contributed by atoms with van der Waals surface area (Å²) in [7, 11) is 1.27. The zero-order chi connectivity index (χ0) is 17.7. The van der Waals surface area contributed by atoms with Crippen LogP contribution in [0.1, 0.15) is 19.4 Å². The molecule has 0 aliphatic carbocycles. The van der Waals surface area contributed by atoms with Crippen LogP contribution in [-0.4, -0.2) is 25.4 Å². The molecule has 24 heavy (non-hydrogen) atoms. The van der Waals surface area contributed by atoms with Crippen LogP contribution in [0.5, 0.6) is 0 Å². The second-order valence-corrected chi connectivity index (χ2v) is 6.50. The fraction of sp³-hybridized carbons (Fsp3) is 0.389. The SMILES string of the molecule is C=CC(C)(C)[C@@]12c3ccccc3N(C(=O)OC)[C@@H]1OC(=O)[C@@H]2C#N. The van der Waals surface area contributed by atoms with Crippen LogP contribution in [0.25, 0.3) is 0 Å². The van der Waals surface area contributed by atoms with E-state index in [-0.39, 0.29) is 0 Å². The minimum atomic E-state index is -1.05. The number of anilines is 1. The van der Waals surface area contributed by atoms with Gasteiger partial charge in [-0.25, -0.2) is 9.69 Å². The molecule has 6 heteroatoms. The number of rotatable bonds is 2. The fourth-order valence-corrected chi connectivity index (χ4v) is 3.96. The summed E-state index contributed by atoms with van der Waals surface area (Å²) in [6, 6.07) is 9.26. The molecule has 124 valence electrons. The number of hydrogen-bond acceptors (Lipinski definition) is 5. The lowest BCUT2D eigenvalue weighted by atomic mass is 9.57. The highest BCUT2D eigenvalue weighted by Gasteiger charge is 2.71. The van der Waals surface area contributed by atoms with Crippen LogP contribution in [0.15, 0.2) is 36.9 Å². The number of esters is 1. The maximum atomic E-state index is 12.4. The molecule has 0 radical (unpaired) electrons. The number of fused-ring (bicyclic) bond motifs is 3. The first-order valence-corrected chi connectivity index (χ1v) is 7.57. The Kier molecular flexibility index (Phi) is 3.41. The van der Waals surface area contributed by atoms with Crippen molar-refractivity contribution in [2.24, 2.45) is 11.3 Å². The molecule has 2 heterocycles. The Labute approximate surface area is 140 Å². The topological polar surface area (TPSA) is 79.6 Å². The van der Waals surface area contributed by atoms with Gasteiger partial charge in [0.25, 0.3) is 0 Å². The first-order chi connectivity index (χ1) is 11.4. The molecule has 0 aromatic heterocycles. The molecule has 1 fully saturated rings. The number of nitrogens with zero attached hydrogens (tertiary/aromatic N) is 2. The van der Waals surface area contributed by atoms with Crippen molar-refractivity contribution in [3.63, 3.8) is 0 Å². The molecule has 1 amide bonds. The van der Waals surface area contributed by atoms with E-state index in [2.05, 4.69) is 12.6 Å². The zero-order valence-corrected chi connectivity index (χ0v) is 13.8. The first kappa shape index (κ1) is 16.1. The molecule has 1 aromatic carbocycles. The number of ether oxygens (including phenoxy) is 2. The fourth-order valence-electron chi connectivity index (χ4n) is 3.96. The Hall–Kier alpha value is -2.81. The van der Waals surface area contributed by atoms with Gasteiger partial charge in [-0.15, -0.1) is 6.58 Å². The maximum absolute atomic E-state index is 12.4. The summed E-state index contributed by atoms with van der Waals surface area (Å²) in [5.74, 6) is -1.69. The van der Waals surface area contributed by atoms with Gasteiger partial charge in [0.2, 0.25) is 0 Å². The number of para-hydroxylation sites is 1. The molecule has 0 saturated carbocycles. The predicted octanol–water partition coefficient (Wildman–Crippen LogP) is 2.75. The van der Waals surface area contributed by atoms with Gasteiger partial charge in [-0.1, -0.05) is 38.1 Å². The van der Waals surface area contributed by atoms with E-state index in [1.165, 1.54) is 12.0 Å². The van der Waals surface area contributed by atoms with Crippen LogP contribution in [0.2, 0.25) is 0 Å². The van der Waals surface area contributed by atoms with E-state index in [4.69, 9.17) is 9.47 Å². The van der Waals surface area contributed by atoms with Crippen molar-refractivity contribution >= 4 is 17.7 Å². The van der Waals surface area contributed by atoms with Gasteiger partial charge in [-0.05, 0) is 17.0 Å². The number of benzene rings is 1. The van der Waals surface area contributed by atoms with Gasteiger partial charge in [0.1, 0.15) is 0 Å². The van der Waals surface area contributed by atoms with Gasteiger partial charge >= 0.3 is 12.1 Å². The van der Waals surface area contributed by atoms with E-state index >= 15 is 0 Å². The second-order valence-electron chi connectivity index (χ2n) is 6.50. The Balaban J connectivity index is 2.39. The van der Waals surface area contributed by atoms with Crippen LogP contribution < -0.4 is 4.90 Å². The Morgan fingerprint density at radius 2 is 2.17 bits per heavy atom. The van der Waals surface area contributed by atoms with E-state index in [0.29, 0.717) is 11.3 Å². The molecule has 0 spiro atoms. The molecular weight excluding hydrogens is 308 g/mol. The third kappa shape index (κ3) is 1.64. The van der Waals surface area contributed by atoms with Crippen LogP contribution in [-0.2, 0) is 19.7 Å². The number of nitriles is 1. The van der Waals surface area contributed by atoms with Crippen molar-refractivity contribution in [1.29, 1.82) is 5.26 Å². The Bertz CT molecular complexity index is 779. The van der Waals surface area contributed by atoms with Crippen LogP contribution in [0.3, 0.4) is 0 Å². The molecule has 0 N–H and O–H groups in total. The number of carbonyl (C=O) groups excluding carboxylic acids is 2. The molecule has 1 saturated heterocycles. The second kappa shape index (κ2) is 5.10. The van der Waals surface area contributed by atoms with Gasteiger partial charge in [-0.3, -0.25) is 4.79 Å². The third-order valence-corrected chi connectivity index (χ3v) is 5.23. The number of amides is 1. The van der Waals surface area contributed by atoms with Gasteiger partial charge in [0.05, 0.1) is 24.3 Å². The molecule has 0 unspecified atom stereocenters. The molecule has 2 aliphatic rings. The van der Waals surface area contributed by atoms with E-state index < -0.39 is 35.0 Å². The number of methoxy groups -OCH3 is 1. The molecule has 1 aromatic rings. The summed E-state index contributed by atoms with van der Waals surface area (Å²) in [5.41, 5.74) is -0.450. The van der Waals surface area contributed by atoms with E-state index in [9.17, 15) is 14.9 Å². The van der Waals surface area contributed by atoms with E-state index in [1.54, 1.807) is 18.2 Å². The summed E-state index contributed by atoms with van der Waals surface area (Å²) in [4.78, 5) is 26.1. The lowest BCUT2D eigenvalue weighted by molar-refractivity contribution is -0.142. The average molecular weight is 326 g/mol. The summed E-state index contributed by atoms with van der Waals surface area (Å²) in [6.45, 7) is 7.65. The molecule has 3 rings (SSSR count). The number of allylic oxidation sites excluding steroid dienone is 1. The first-order valence-electron chi connectivity index (χ1n) is 7.57. The highest BCUT2D eigenvalue weighted by atomic mass is 16.6. The number of carbonyl (C=O) groups is 2. The van der Waals surface area contributed by atoms with Gasteiger partial charge in [-0.2, -0.15) is 5.26 Å². The van der Waals surface area contributed by atoms with Crippen LogP contribution in [0.4, 0.5) is 10.5 Å². The van der Waals surface area contributed by atoms with Gasteiger partial charge < -0.3 is 9.47 Å². The third-order valence-electron chi connectivity index (χ3n) is 5.23. The van der Waals surface area contributed by atoms with Crippen LogP contribution in [0, 0.1) is 22.7 Å². The quantitative estimate of drug-likeness (QED) is 0.617. The molecule has 0 bridgehead atoms. The zero-order valence-electron chi connectivity index (χ0n) is 13.8. The Morgan fingerprint density at radius 3 is 2.75 bits per heavy atom. The summed E-state index contributed by atoms with van der Waals surface area (Å²) < 4.78 is 10.4. The smallest absolute Gasteiger partial charge is 0.417 e. The van der Waals surface area contributed by atoms with Crippen molar-refractivity contribution in [2.45, 2.75) is 25.5 Å². The predicted molar refractivity (Wildman–Crippen MR) is 86.0 cm³/mol. The van der Waals surface area contributed by atoms with Crippen molar-refractivity contribution in [2.75, 3.05) is 12.0 Å². The van der Waals surface area contributed by atoms with Gasteiger partial charge in [0, 0.05) is 0 Å². The van der Waals surface area contributed by atoms with E-state index in [1.807, 2.05) is 26.0 Å². The van der Waals surface area contributed by atoms with Crippen molar-refractivity contribution in [3.8, 4) is 6.07 Å². The molecule has 2 aliphatic heterocycles. The van der Waals surface area contributed by atoms with Crippen molar-refractivity contribution in [1.82, 2.24) is 0 Å². The highest BCUT2D eigenvalue weighted by molar-refractivity contribution is 5.96. The average Bonchev–Trinajstić information content (AvgIpc) is 3.03. The largest absolute Gasteiger partial charge is 0.452 e. The van der Waals surface area contributed by atoms with Gasteiger partial charge in [0.15, 0.2) is 12.1 Å². The van der Waals surface area contributed by atoms with Crippen LogP contribution >= 0.6 is 0 Å². The maximum Gasteiger partial charge on any atom is 0.417 e. The lowest BCUT2D eigenvalue weighted by Gasteiger charge is -2.42. The number of hydrogen-bond donors (Lipinski definition) is 0. The lowest BCUT2D eigenvalue weighted by Crippen LogP contribution is -2.54. The summed E-state index contributed by atoms with van der Waals surface area (Å²) in [5, 5.41) is 9.70. The monoisotopic (exact) mass is 326 g/mol. The normalized spacial score (nSPS) is 27.8. The Morgan fingerprint density at radius 1 is 1.50 bits per heavy atom. The minimum Gasteiger partial charge on any atom is -0.452 e. The molecular formula is C18H18N2O4.